The summed E-state index contributed by atoms with van der Waals surface area (Å²) in [5, 5.41) is 11.3. The van der Waals surface area contributed by atoms with E-state index in [1.54, 1.807) is 0 Å². The van der Waals surface area contributed by atoms with Crippen LogP contribution in [-0.4, -0.2) is 42.0 Å². The molecule has 0 fully saturated rings. The van der Waals surface area contributed by atoms with E-state index in [1.807, 2.05) is 18.7 Å². The van der Waals surface area contributed by atoms with Crippen molar-refractivity contribution in [1.29, 1.82) is 0 Å². The second-order valence-electron chi connectivity index (χ2n) is 5.38. The summed E-state index contributed by atoms with van der Waals surface area (Å²) in [6.45, 7) is 12.3. The van der Waals surface area contributed by atoms with Gasteiger partial charge in [0.25, 0.3) is 0 Å². The van der Waals surface area contributed by atoms with Crippen molar-refractivity contribution in [2.24, 2.45) is 12.0 Å². The summed E-state index contributed by atoms with van der Waals surface area (Å²) < 4.78 is 7.35. The average molecular weight is 323 g/mol. The van der Waals surface area contributed by atoms with Crippen LogP contribution >= 0.6 is 0 Å². The molecule has 0 amide bonds. The van der Waals surface area contributed by atoms with E-state index in [1.165, 1.54) is 11.3 Å². The van der Waals surface area contributed by atoms with E-state index in [-0.39, 0.29) is 0 Å². The van der Waals surface area contributed by atoms with E-state index < -0.39 is 0 Å². The Balaban J connectivity index is 2.69. The van der Waals surface area contributed by atoms with Crippen LogP contribution in [0.15, 0.2) is 4.99 Å². The molecule has 0 spiro atoms. The Bertz CT molecular complexity index is 482. The largest absolute Gasteiger partial charge is 0.382 e. The number of nitrogens with one attached hydrogen (secondary N) is 2. The van der Waals surface area contributed by atoms with E-state index in [0.717, 1.165) is 57.2 Å². The molecule has 1 aromatic rings. The van der Waals surface area contributed by atoms with Gasteiger partial charge in [-0.1, -0.05) is 13.8 Å². The highest BCUT2D eigenvalue weighted by Gasteiger charge is 2.13. The van der Waals surface area contributed by atoms with Crippen LogP contribution in [0, 0.1) is 0 Å². The van der Waals surface area contributed by atoms with Crippen LogP contribution in [0.1, 0.15) is 51.1 Å². The standard InChI is InChI=1S/C17H33N5O/c1-6-15-14(16(7-2)22(5)21-15)13-20-17(18-8-3)19-11-10-12-23-9-4/h6-13H2,1-5H3,(H2,18,19,20). The number of guanidine groups is 1. The molecule has 2 N–H and O–H groups in total. The molecule has 0 radical (unpaired) electrons. The molecule has 0 saturated carbocycles. The molecule has 1 aromatic heterocycles. The molecule has 0 aromatic carbocycles. The van der Waals surface area contributed by atoms with Crippen LogP contribution in [-0.2, 0) is 31.2 Å². The molecule has 23 heavy (non-hydrogen) atoms. The average Bonchev–Trinajstić information content (AvgIpc) is 2.87. The van der Waals surface area contributed by atoms with Gasteiger partial charge in [-0.3, -0.25) is 4.68 Å². The van der Waals surface area contributed by atoms with Crippen LogP contribution in [0.25, 0.3) is 0 Å². The first-order valence-electron chi connectivity index (χ1n) is 8.81. The van der Waals surface area contributed by atoms with Gasteiger partial charge in [0.15, 0.2) is 5.96 Å². The highest BCUT2D eigenvalue weighted by Crippen LogP contribution is 2.16. The fourth-order valence-corrected chi connectivity index (χ4v) is 2.60. The molecule has 6 nitrogen and oxygen atoms in total. The number of ether oxygens (including phenoxy) is 1. The number of aliphatic imine (C=N–C) groups is 1. The summed E-state index contributed by atoms with van der Waals surface area (Å²) in [5.41, 5.74) is 3.70. The molecule has 0 atom stereocenters. The maximum absolute atomic E-state index is 5.36. The van der Waals surface area contributed by atoms with Crippen LogP contribution < -0.4 is 10.6 Å². The zero-order valence-corrected chi connectivity index (χ0v) is 15.4. The molecule has 6 heteroatoms. The Morgan fingerprint density at radius 2 is 1.96 bits per heavy atom. The summed E-state index contributed by atoms with van der Waals surface area (Å²) in [7, 11) is 2.02. The van der Waals surface area contributed by atoms with Gasteiger partial charge in [-0.2, -0.15) is 5.10 Å². The molecular formula is C17H33N5O. The molecule has 0 aliphatic heterocycles. The minimum atomic E-state index is 0.668. The lowest BCUT2D eigenvalue weighted by molar-refractivity contribution is 0.145. The first-order chi connectivity index (χ1) is 11.2. The minimum absolute atomic E-state index is 0.668. The number of rotatable bonds is 10. The van der Waals surface area contributed by atoms with E-state index in [9.17, 15) is 0 Å². The fourth-order valence-electron chi connectivity index (χ4n) is 2.60. The highest BCUT2D eigenvalue weighted by atomic mass is 16.5. The van der Waals surface area contributed by atoms with Gasteiger partial charge in [0, 0.05) is 44.6 Å². The first-order valence-corrected chi connectivity index (χ1v) is 8.81. The van der Waals surface area contributed by atoms with Crippen molar-refractivity contribution >= 4 is 5.96 Å². The van der Waals surface area contributed by atoms with E-state index in [0.29, 0.717) is 6.54 Å². The summed E-state index contributed by atoms with van der Waals surface area (Å²) in [6, 6.07) is 0. The molecule has 0 saturated heterocycles. The maximum Gasteiger partial charge on any atom is 0.191 e. The van der Waals surface area contributed by atoms with Crippen molar-refractivity contribution < 1.29 is 4.74 Å². The van der Waals surface area contributed by atoms with Crippen LogP contribution in [0.4, 0.5) is 0 Å². The van der Waals surface area contributed by atoms with Gasteiger partial charge >= 0.3 is 0 Å². The third-order valence-electron chi connectivity index (χ3n) is 3.73. The lowest BCUT2D eigenvalue weighted by Gasteiger charge is -2.11. The summed E-state index contributed by atoms with van der Waals surface area (Å²) in [6.07, 6.45) is 2.90. The van der Waals surface area contributed by atoms with Gasteiger partial charge in [0.2, 0.25) is 0 Å². The SMILES string of the molecule is CCNC(=NCc1c(CC)nn(C)c1CC)NCCCOCC. The zero-order valence-electron chi connectivity index (χ0n) is 15.4. The first kappa shape index (κ1) is 19.5. The van der Waals surface area contributed by atoms with Crippen LogP contribution in [0.2, 0.25) is 0 Å². The van der Waals surface area contributed by atoms with Crippen LogP contribution in [0.3, 0.4) is 0 Å². The molecule has 0 aliphatic carbocycles. The Morgan fingerprint density at radius 3 is 2.57 bits per heavy atom. The molecule has 1 heterocycles. The van der Waals surface area contributed by atoms with E-state index in [2.05, 4.69) is 36.5 Å². The second kappa shape index (κ2) is 11.0. The molecule has 0 unspecified atom stereocenters. The monoisotopic (exact) mass is 323 g/mol. The van der Waals surface area contributed by atoms with Gasteiger partial charge < -0.3 is 15.4 Å². The normalized spacial score (nSPS) is 11.8. The number of nitrogens with zero attached hydrogens (tertiary/aromatic N) is 3. The Labute approximate surface area is 140 Å². The Morgan fingerprint density at radius 1 is 1.17 bits per heavy atom. The van der Waals surface area contributed by atoms with E-state index in [4.69, 9.17) is 9.73 Å². The Kier molecular flexibility index (Phi) is 9.36. The molecule has 1 rings (SSSR count). The van der Waals surface area contributed by atoms with Gasteiger partial charge in [0.1, 0.15) is 0 Å². The number of aryl methyl sites for hydroxylation is 2. The predicted octanol–water partition coefficient (Wildman–Crippen LogP) is 2.03. The second-order valence-corrected chi connectivity index (χ2v) is 5.38. The van der Waals surface area contributed by atoms with Crippen molar-refractivity contribution in [3.05, 3.63) is 17.0 Å². The van der Waals surface area contributed by atoms with Gasteiger partial charge in [-0.05, 0) is 33.1 Å². The molecule has 132 valence electrons. The third kappa shape index (κ3) is 6.22. The third-order valence-corrected chi connectivity index (χ3v) is 3.73. The quantitative estimate of drug-likeness (QED) is 0.393. The van der Waals surface area contributed by atoms with Crippen molar-refractivity contribution in [3.8, 4) is 0 Å². The highest BCUT2D eigenvalue weighted by molar-refractivity contribution is 5.79. The van der Waals surface area contributed by atoms with Gasteiger partial charge in [-0.25, -0.2) is 4.99 Å². The molecular weight excluding hydrogens is 290 g/mol. The molecule has 0 bridgehead atoms. The van der Waals surface area contributed by atoms with Crippen molar-refractivity contribution in [2.75, 3.05) is 26.3 Å². The predicted molar refractivity (Wildman–Crippen MR) is 95.9 cm³/mol. The summed E-state index contributed by atoms with van der Waals surface area (Å²) in [5.74, 6) is 0.858. The molecule has 0 aliphatic rings. The van der Waals surface area contributed by atoms with Crippen molar-refractivity contribution in [3.63, 3.8) is 0 Å². The lowest BCUT2D eigenvalue weighted by atomic mass is 10.1. The number of hydrogen-bond acceptors (Lipinski definition) is 3. The minimum Gasteiger partial charge on any atom is -0.382 e. The lowest BCUT2D eigenvalue weighted by Crippen LogP contribution is -2.38. The topological polar surface area (TPSA) is 63.5 Å². The van der Waals surface area contributed by atoms with Crippen molar-refractivity contribution in [2.45, 2.75) is 53.5 Å². The summed E-state index contributed by atoms with van der Waals surface area (Å²) >= 11 is 0. The van der Waals surface area contributed by atoms with Crippen molar-refractivity contribution in [1.82, 2.24) is 20.4 Å². The number of aromatic nitrogens is 2. The zero-order chi connectivity index (χ0) is 17.1. The van der Waals surface area contributed by atoms with Gasteiger partial charge in [-0.15, -0.1) is 0 Å². The maximum atomic E-state index is 5.36. The Hall–Kier alpha value is -1.56. The summed E-state index contributed by atoms with van der Waals surface area (Å²) in [4.78, 5) is 4.73. The van der Waals surface area contributed by atoms with E-state index >= 15 is 0 Å². The van der Waals surface area contributed by atoms with Crippen LogP contribution in [0.5, 0.6) is 0 Å². The smallest absolute Gasteiger partial charge is 0.191 e. The number of hydrogen-bond donors (Lipinski definition) is 2. The fraction of sp³-hybridized carbons (Fsp3) is 0.765. The van der Waals surface area contributed by atoms with Gasteiger partial charge in [0.05, 0.1) is 12.2 Å².